The molecule has 0 aliphatic carbocycles. The van der Waals surface area contributed by atoms with Crippen molar-refractivity contribution in [3.05, 3.63) is 58.1 Å². The summed E-state index contributed by atoms with van der Waals surface area (Å²) >= 11 is 0. The summed E-state index contributed by atoms with van der Waals surface area (Å²) in [5.41, 5.74) is 1.000. The number of esters is 1. The SMILES string of the molecule is COc1ccc([N+](=O)[O-])cc1NC(=O)COC(=O)CCOc1ccc(C)cc1. The Morgan fingerprint density at radius 1 is 1.14 bits per heavy atom. The number of rotatable bonds is 9. The molecule has 0 saturated carbocycles. The molecule has 0 aliphatic heterocycles. The van der Waals surface area contributed by atoms with Crippen LogP contribution in [0.2, 0.25) is 0 Å². The lowest BCUT2D eigenvalue weighted by Crippen LogP contribution is -2.22. The normalized spacial score (nSPS) is 10.1. The molecule has 9 nitrogen and oxygen atoms in total. The minimum Gasteiger partial charge on any atom is -0.495 e. The van der Waals surface area contributed by atoms with E-state index in [0.29, 0.717) is 5.75 Å². The number of nitro groups is 1. The van der Waals surface area contributed by atoms with Gasteiger partial charge in [0.2, 0.25) is 0 Å². The van der Waals surface area contributed by atoms with Gasteiger partial charge in [0.25, 0.3) is 11.6 Å². The number of hydrogen-bond donors (Lipinski definition) is 1. The van der Waals surface area contributed by atoms with Gasteiger partial charge in [-0.25, -0.2) is 0 Å². The lowest BCUT2D eigenvalue weighted by molar-refractivity contribution is -0.384. The number of benzene rings is 2. The Kier molecular flexibility index (Phi) is 7.32. The number of aryl methyl sites for hydroxylation is 1. The summed E-state index contributed by atoms with van der Waals surface area (Å²) in [6.45, 7) is 1.53. The second kappa shape index (κ2) is 9.91. The molecule has 0 unspecified atom stereocenters. The number of anilines is 1. The number of hydrogen-bond acceptors (Lipinski definition) is 7. The van der Waals surface area contributed by atoms with E-state index >= 15 is 0 Å². The molecular formula is C19H20N2O7. The summed E-state index contributed by atoms with van der Waals surface area (Å²) in [4.78, 5) is 33.9. The summed E-state index contributed by atoms with van der Waals surface area (Å²) in [6, 6.07) is 11.1. The zero-order chi connectivity index (χ0) is 20.5. The topological polar surface area (TPSA) is 117 Å². The maximum atomic E-state index is 11.9. The van der Waals surface area contributed by atoms with E-state index in [9.17, 15) is 19.7 Å². The van der Waals surface area contributed by atoms with Crippen molar-refractivity contribution in [3.63, 3.8) is 0 Å². The van der Waals surface area contributed by atoms with Crippen LogP contribution in [0.3, 0.4) is 0 Å². The van der Waals surface area contributed by atoms with Gasteiger partial charge in [-0.05, 0) is 25.1 Å². The number of ether oxygens (including phenoxy) is 3. The predicted molar refractivity (Wildman–Crippen MR) is 101 cm³/mol. The standard InChI is InChI=1S/C19H20N2O7/c1-13-3-6-15(7-4-13)27-10-9-19(23)28-12-18(22)20-16-11-14(21(24)25)5-8-17(16)26-2/h3-8,11H,9-10,12H2,1-2H3,(H,20,22). The zero-order valence-corrected chi connectivity index (χ0v) is 15.5. The van der Waals surface area contributed by atoms with Crippen molar-refractivity contribution in [1.82, 2.24) is 0 Å². The van der Waals surface area contributed by atoms with Crippen LogP contribution in [0.1, 0.15) is 12.0 Å². The average Bonchev–Trinajstić information content (AvgIpc) is 2.68. The molecule has 28 heavy (non-hydrogen) atoms. The molecule has 0 saturated heterocycles. The van der Waals surface area contributed by atoms with Crippen molar-refractivity contribution in [2.45, 2.75) is 13.3 Å². The Hall–Kier alpha value is -3.62. The van der Waals surface area contributed by atoms with Crippen molar-refractivity contribution in [1.29, 1.82) is 0 Å². The van der Waals surface area contributed by atoms with Crippen LogP contribution < -0.4 is 14.8 Å². The summed E-state index contributed by atoms with van der Waals surface area (Å²) in [7, 11) is 1.37. The highest BCUT2D eigenvalue weighted by Gasteiger charge is 2.15. The van der Waals surface area contributed by atoms with E-state index in [4.69, 9.17) is 14.2 Å². The first-order valence-electron chi connectivity index (χ1n) is 8.36. The third kappa shape index (κ3) is 6.27. The fourth-order valence-corrected chi connectivity index (χ4v) is 2.20. The van der Waals surface area contributed by atoms with Gasteiger partial charge in [-0.1, -0.05) is 17.7 Å². The number of methoxy groups -OCH3 is 1. The molecule has 0 radical (unpaired) electrons. The van der Waals surface area contributed by atoms with Gasteiger partial charge in [0.05, 0.1) is 30.7 Å². The van der Waals surface area contributed by atoms with Crippen LogP contribution >= 0.6 is 0 Å². The van der Waals surface area contributed by atoms with Gasteiger partial charge in [0.15, 0.2) is 6.61 Å². The van der Waals surface area contributed by atoms with Crippen LogP contribution in [0.5, 0.6) is 11.5 Å². The molecule has 2 rings (SSSR count). The number of non-ortho nitro benzene ring substituents is 1. The minimum atomic E-state index is -0.647. The number of amides is 1. The lowest BCUT2D eigenvalue weighted by atomic mass is 10.2. The smallest absolute Gasteiger partial charge is 0.309 e. The Bertz CT molecular complexity index is 850. The molecule has 1 amide bonds. The van der Waals surface area contributed by atoms with Crippen LogP contribution in [-0.2, 0) is 14.3 Å². The first kappa shape index (κ1) is 20.7. The molecule has 0 aliphatic rings. The van der Waals surface area contributed by atoms with Gasteiger partial charge in [-0.15, -0.1) is 0 Å². The minimum absolute atomic E-state index is 0.0265. The summed E-state index contributed by atoms with van der Waals surface area (Å²) in [6.07, 6.45) is -0.0265. The molecule has 0 bridgehead atoms. The second-order valence-electron chi connectivity index (χ2n) is 5.76. The Morgan fingerprint density at radius 3 is 2.50 bits per heavy atom. The van der Waals surface area contributed by atoms with Crippen LogP contribution in [0.25, 0.3) is 0 Å². The molecule has 9 heteroatoms. The van der Waals surface area contributed by atoms with Gasteiger partial charge < -0.3 is 19.5 Å². The average molecular weight is 388 g/mol. The third-order valence-electron chi connectivity index (χ3n) is 3.63. The summed E-state index contributed by atoms with van der Waals surface area (Å²) in [5, 5.41) is 13.3. The Morgan fingerprint density at radius 2 is 1.86 bits per heavy atom. The quantitative estimate of drug-likeness (QED) is 0.399. The first-order valence-corrected chi connectivity index (χ1v) is 8.36. The van der Waals surface area contributed by atoms with E-state index < -0.39 is 23.4 Å². The van der Waals surface area contributed by atoms with Crippen LogP contribution in [-0.4, -0.2) is 37.1 Å². The molecular weight excluding hydrogens is 368 g/mol. The highest BCUT2D eigenvalue weighted by molar-refractivity contribution is 5.94. The summed E-state index contributed by atoms with van der Waals surface area (Å²) < 4.78 is 15.3. The van der Waals surface area contributed by atoms with Crippen molar-refractivity contribution < 1.29 is 28.7 Å². The number of nitro benzene ring substituents is 1. The molecule has 0 aromatic heterocycles. The maximum absolute atomic E-state index is 11.9. The van der Waals surface area contributed by atoms with Gasteiger partial charge >= 0.3 is 5.97 Å². The highest BCUT2D eigenvalue weighted by atomic mass is 16.6. The maximum Gasteiger partial charge on any atom is 0.309 e. The molecule has 2 aromatic carbocycles. The van der Waals surface area contributed by atoms with E-state index in [-0.39, 0.29) is 30.2 Å². The van der Waals surface area contributed by atoms with Crippen LogP contribution in [0.15, 0.2) is 42.5 Å². The molecule has 2 aromatic rings. The third-order valence-corrected chi connectivity index (χ3v) is 3.63. The largest absolute Gasteiger partial charge is 0.495 e. The lowest BCUT2D eigenvalue weighted by Gasteiger charge is -2.10. The first-order chi connectivity index (χ1) is 13.4. The van der Waals surface area contributed by atoms with Crippen LogP contribution in [0, 0.1) is 17.0 Å². The zero-order valence-electron chi connectivity index (χ0n) is 15.5. The van der Waals surface area contributed by atoms with E-state index in [0.717, 1.165) is 11.6 Å². The number of nitrogens with zero attached hydrogens (tertiary/aromatic N) is 1. The van der Waals surface area contributed by atoms with E-state index in [1.165, 1.54) is 19.2 Å². The molecule has 148 valence electrons. The van der Waals surface area contributed by atoms with Gasteiger partial charge in [-0.3, -0.25) is 19.7 Å². The van der Waals surface area contributed by atoms with Gasteiger partial charge in [0, 0.05) is 12.1 Å². The highest BCUT2D eigenvalue weighted by Crippen LogP contribution is 2.28. The fourth-order valence-electron chi connectivity index (χ4n) is 2.20. The molecule has 0 atom stereocenters. The van der Waals surface area contributed by atoms with Crippen LogP contribution in [0.4, 0.5) is 11.4 Å². The molecule has 0 spiro atoms. The number of carbonyl (C=O) groups excluding carboxylic acids is 2. The summed E-state index contributed by atoms with van der Waals surface area (Å²) in [5.74, 6) is -0.370. The van der Waals surface area contributed by atoms with E-state index in [1.54, 1.807) is 12.1 Å². The van der Waals surface area contributed by atoms with E-state index in [2.05, 4.69) is 5.32 Å². The predicted octanol–water partition coefficient (Wildman–Crippen LogP) is 2.86. The Balaban J connectivity index is 1.78. The van der Waals surface area contributed by atoms with Crippen molar-refractivity contribution in [2.24, 2.45) is 0 Å². The molecule has 0 fully saturated rings. The van der Waals surface area contributed by atoms with Crippen molar-refractivity contribution >= 4 is 23.3 Å². The number of nitrogens with one attached hydrogen (secondary N) is 1. The van der Waals surface area contributed by atoms with Crippen molar-refractivity contribution in [2.75, 3.05) is 25.6 Å². The fraction of sp³-hybridized carbons (Fsp3) is 0.263. The Labute approximate surface area is 161 Å². The van der Waals surface area contributed by atoms with Gasteiger partial charge in [-0.2, -0.15) is 0 Å². The number of carbonyl (C=O) groups is 2. The van der Waals surface area contributed by atoms with E-state index in [1.807, 2.05) is 19.1 Å². The molecule has 0 heterocycles. The second-order valence-corrected chi connectivity index (χ2v) is 5.76. The monoisotopic (exact) mass is 388 g/mol. The molecule has 1 N–H and O–H groups in total. The van der Waals surface area contributed by atoms with Gasteiger partial charge in [0.1, 0.15) is 11.5 Å². The van der Waals surface area contributed by atoms with Crippen molar-refractivity contribution in [3.8, 4) is 11.5 Å².